The number of anilines is 1. The maximum absolute atomic E-state index is 12.8. The zero-order valence-corrected chi connectivity index (χ0v) is 14.2. The number of ether oxygens (including phenoxy) is 1. The smallest absolute Gasteiger partial charge is 0.260 e. The Hall–Kier alpha value is -2.99. The van der Waals surface area contributed by atoms with Crippen LogP contribution in [0.25, 0.3) is 0 Å². The van der Waals surface area contributed by atoms with Crippen LogP contribution in [0.15, 0.2) is 67.3 Å². The van der Waals surface area contributed by atoms with Crippen LogP contribution in [0.4, 0.5) is 5.69 Å². The maximum atomic E-state index is 12.8. The molecule has 0 aliphatic carbocycles. The number of nitrogens with zero attached hydrogens (tertiary/aromatic N) is 3. The summed E-state index contributed by atoms with van der Waals surface area (Å²) in [7, 11) is 1.54. The van der Waals surface area contributed by atoms with Gasteiger partial charge in [0.05, 0.1) is 6.54 Å². The fourth-order valence-electron chi connectivity index (χ4n) is 2.60. The van der Waals surface area contributed by atoms with Crippen LogP contribution in [0.2, 0.25) is 0 Å². The van der Waals surface area contributed by atoms with Crippen LogP contribution >= 0.6 is 0 Å². The van der Waals surface area contributed by atoms with E-state index in [9.17, 15) is 4.79 Å². The van der Waals surface area contributed by atoms with Crippen LogP contribution in [-0.2, 0) is 21.7 Å². The van der Waals surface area contributed by atoms with Crippen molar-refractivity contribution in [3.05, 3.63) is 78.4 Å². The van der Waals surface area contributed by atoms with Crippen molar-refractivity contribution in [2.45, 2.75) is 19.1 Å². The molecule has 0 spiro atoms. The molecule has 2 aromatic carbocycles. The summed E-state index contributed by atoms with van der Waals surface area (Å²) < 4.78 is 7.27. The highest BCUT2D eigenvalue weighted by molar-refractivity contribution is 5.97. The second kappa shape index (κ2) is 7.27. The normalized spacial score (nSPS) is 13.2. The monoisotopic (exact) mass is 336 g/mol. The molecule has 0 aliphatic heterocycles. The van der Waals surface area contributed by atoms with Gasteiger partial charge in [-0.15, -0.1) is 0 Å². The number of hydrogen-bond donors (Lipinski definition) is 1. The minimum atomic E-state index is -1.07. The molecule has 0 unspecified atom stereocenters. The van der Waals surface area contributed by atoms with Crippen molar-refractivity contribution in [1.82, 2.24) is 14.8 Å². The van der Waals surface area contributed by atoms with Crippen molar-refractivity contribution in [3.8, 4) is 0 Å². The zero-order chi connectivity index (χ0) is 17.7. The van der Waals surface area contributed by atoms with Crippen LogP contribution in [0, 0.1) is 0 Å². The average molecular weight is 336 g/mol. The Labute approximate surface area is 146 Å². The van der Waals surface area contributed by atoms with Crippen molar-refractivity contribution >= 4 is 11.6 Å². The molecule has 1 heterocycles. The Morgan fingerprint density at radius 3 is 2.68 bits per heavy atom. The van der Waals surface area contributed by atoms with E-state index in [1.807, 2.05) is 54.6 Å². The van der Waals surface area contributed by atoms with E-state index in [1.165, 1.54) is 13.4 Å². The van der Waals surface area contributed by atoms with Crippen LogP contribution in [0.3, 0.4) is 0 Å². The standard InChI is InChI=1S/C19H20N4O2/c1-19(25-2,16-8-4-3-5-9-16)18(24)22-17-10-6-7-15(11-17)12-23-14-20-13-21-23/h3-11,13-14H,12H2,1-2H3,(H,22,24)/t19-/m0/s1. The molecule has 6 heteroatoms. The molecule has 0 saturated carbocycles. The van der Waals surface area contributed by atoms with E-state index >= 15 is 0 Å². The highest BCUT2D eigenvalue weighted by Crippen LogP contribution is 2.26. The lowest BCUT2D eigenvalue weighted by molar-refractivity contribution is -0.136. The predicted molar refractivity (Wildman–Crippen MR) is 95.0 cm³/mol. The number of carbonyl (C=O) groups is 1. The van der Waals surface area contributed by atoms with Gasteiger partial charge in [0.2, 0.25) is 0 Å². The van der Waals surface area contributed by atoms with Gasteiger partial charge in [-0.05, 0) is 30.2 Å². The van der Waals surface area contributed by atoms with Gasteiger partial charge in [0.15, 0.2) is 5.60 Å². The Bertz CT molecular complexity index is 834. The predicted octanol–water partition coefficient (Wildman–Crippen LogP) is 2.83. The van der Waals surface area contributed by atoms with E-state index in [2.05, 4.69) is 15.4 Å². The SMILES string of the molecule is CO[C@](C)(C(=O)Nc1cccc(Cn2cncn2)c1)c1ccccc1. The molecule has 0 fully saturated rings. The number of amides is 1. The minimum absolute atomic E-state index is 0.223. The summed E-state index contributed by atoms with van der Waals surface area (Å²) in [5.74, 6) is -0.223. The second-order valence-electron chi connectivity index (χ2n) is 5.85. The molecule has 1 N–H and O–H groups in total. The molecule has 25 heavy (non-hydrogen) atoms. The Morgan fingerprint density at radius 2 is 2.00 bits per heavy atom. The fraction of sp³-hybridized carbons (Fsp3) is 0.211. The number of hydrogen-bond acceptors (Lipinski definition) is 4. The quantitative estimate of drug-likeness (QED) is 0.751. The average Bonchev–Trinajstić information content (AvgIpc) is 3.15. The molecule has 1 atom stereocenters. The summed E-state index contributed by atoms with van der Waals surface area (Å²) in [5.41, 5.74) is 1.46. The van der Waals surface area contributed by atoms with Gasteiger partial charge in [0.25, 0.3) is 5.91 Å². The summed E-state index contributed by atoms with van der Waals surface area (Å²) >= 11 is 0. The van der Waals surface area contributed by atoms with Gasteiger partial charge in [-0.3, -0.25) is 4.79 Å². The van der Waals surface area contributed by atoms with Gasteiger partial charge >= 0.3 is 0 Å². The minimum Gasteiger partial charge on any atom is -0.364 e. The molecule has 0 bridgehead atoms. The number of rotatable bonds is 6. The third kappa shape index (κ3) is 3.75. The lowest BCUT2D eigenvalue weighted by Crippen LogP contribution is -2.39. The lowest BCUT2D eigenvalue weighted by atomic mass is 9.94. The number of benzene rings is 2. The van der Waals surface area contributed by atoms with Crippen molar-refractivity contribution in [1.29, 1.82) is 0 Å². The highest BCUT2D eigenvalue weighted by atomic mass is 16.5. The first-order chi connectivity index (χ1) is 12.1. The van der Waals surface area contributed by atoms with Crippen LogP contribution in [0.5, 0.6) is 0 Å². The van der Waals surface area contributed by atoms with Crippen LogP contribution in [0.1, 0.15) is 18.1 Å². The van der Waals surface area contributed by atoms with E-state index in [0.717, 1.165) is 11.1 Å². The number of aromatic nitrogens is 3. The molecular formula is C19H20N4O2. The first-order valence-corrected chi connectivity index (χ1v) is 7.95. The maximum Gasteiger partial charge on any atom is 0.260 e. The molecule has 0 saturated heterocycles. The summed E-state index contributed by atoms with van der Waals surface area (Å²) in [5, 5.41) is 7.04. The molecule has 3 rings (SSSR count). The van der Waals surface area contributed by atoms with Gasteiger partial charge in [0, 0.05) is 12.8 Å². The van der Waals surface area contributed by atoms with E-state index in [0.29, 0.717) is 12.2 Å². The second-order valence-corrected chi connectivity index (χ2v) is 5.85. The van der Waals surface area contributed by atoms with Gasteiger partial charge in [0.1, 0.15) is 12.7 Å². The number of methoxy groups -OCH3 is 1. The first kappa shape index (κ1) is 16.9. The molecule has 1 amide bonds. The lowest BCUT2D eigenvalue weighted by Gasteiger charge is -2.27. The van der Waals surface area contributed by atoms with Gasteiger partial charge in [-0.2, -0.15) is 5.10 Å². The van der Waals surface area contributed by atoms with Gasteiger partial charge in [-0.1, -0.05) is 42.5 Å². The Balaban J connectivity index is 1.78. The van der Waals surface area contributed by atoms with E-state index in [1.54, 1.807) is 17.9 Å². The molecule has 3 aromatic rings. The van der Waals surface area contributed by atoms with Crippen LogP contribution < -0.4 is 5.32 Å². The molecule has 6 nitrogen and oxygen atoms in total. The zero-order valence-electron chi connectivity index (χ0n) is 14.2. The first-order valence-electron chi connectivity index (χ1n) is 7.95. The van der Waals surface area contributed by atoms with Gasteiger partial charge < -0.3 is 10.1 Å². The third-order valence-electron chi connectivity index (χ3n) is 4.16. The number of carbonyl (C=O) groups excluding carboxylic acids is 1. The third-order valence-corrected chi connectivity index (χ3v) is 4.16. The van der Waals surface area contributed by atoms with Crippen LogP contribution in [-0.4, -0.2) is 27.8 Å². The van der Waals surface area contributed by atoms with Gasteiger partial charge in [-0.25, -0.2) is 9.67 Å². The van der Waals surface area contributed by atoms with E-state index in [-0.39, 0.29) is 5.91 Å². The molecule has 0 radical (unpaired) electrons. The highest BCUT2D eigenvalue weighted by Gasteiger charge is 2.35. The van der Waals surface area contributed by atoms with Crippen molar-refractivity contribution in [3.63, 3.8) is 0 Å². The van der Waals surface area contributed by atoms with E-state index in [4.69, 9.17) is 4.74 Å². The molecule has 1 aromatic heterocycles. The summed E-state index contributed by atoms with van der Waals surface area (Å²) in [6.45, 7) is 2.35. The topological polar surface area (TPSA) is 69.0 Å². The summed E-state index contributed by atoms with van der Waals surface area (Å²) in [4.78, 5) is 16.8. The largest absolute Gasteiger partial charge is 0.364 e. The fourth-order valence-corrected chi connectivity index (χ4v) is 2.60. The summed E-state index contributed by atoms with van der Waals surface area (Å²) in [6.07, 6.45) is 3.15. The summed E-state index contributed by atoms with van der Waals surface area (Å²) in [6, 6.07) is 17.1. The Morgan fingerprint density at radius 1 is 1.20 bits per heavy atom. The molecular weight excluding hydrogens is 316 g/mol. The van der Waals surface area contributed by atoms with Crippen molar-refractivity contribution in [2.75, 3.05) is 12.4 Å². The van der Waals surface area contributed by atoms with E-state index < -0.39 is 5.60 Å². The Kier molecular flexibility index (Phi) is 4.90. The van der Waals surface area contributed by atoms with Crippen molar-refractivity contribution < 1.29 is 9.53 Å². The molecule has 128 valence electrons. The number of nitrogens with one attached hydrogen (secondary N) is 1. The van der Waals surface area contributed by atoms with Crippen molar-refractivity contribution in [2.24, 2.45) is 0 Å². The molecule has 0 aliphatic rings.